The lowest BCUT2D eigenvalue weighted by molar-refractivity contribution is -0.130. The Bertz CT molecular complexity index is 459. The third-order valence-electron chi connectivity index (χ3n) is 4.77. The fourth-order valence-corrected chi connectivity index (χ4v) is 3.69. The van der Waals surface area contributed by atoms with Crippen molar-refractivity contribution in [2.75, 3.05) is 13.1 Å². The number of nitrogens with zero attached hydrogens (tertiary/aromatic N) is 4. The molecule has 1 aliphatic rings. The Morgan fingerprint density at radius 2 is 1.95 bits per heavy atom. The smallest absolute Gasteiger partial charge is 0.160 e. The van der Waals surface area contributed by atoms with Crippen LogP contribution < -0.4 is 0 Å². The summed E-state index contributed by atoms with van der Waals surface area (Å²) in [4.78, 5) is 19.7. The van der Waals surface area contributed by atoms with Crippen LogP contribution in [0.3, 0.4) is 0 Å². The molecule has 5 nitrogen and oxygen atoms in total. The monoisotopic (exact) mass is 292 g/mol. The van der Waals surface area contributed by atoms with Gasteiger partial charge in [-0.2, -0.15) is 5.10 Å². The minimum atomic E-state index is -0.257. The topological polar surface area (TPSA) is 51.0 Å². The van der Waals surface area contributed by atoms with Gasteiger partial charge >= 0.3 is 0 Å². The second-order valence-corrected chi connectivity index (χ2v) is 5.91. The number of carbonyl (C=O) groups is 1. The van der Waals surface area contributed by atoms with Crippen LogP contribution in [-0.4, -0.2) is 44.1 Å². The Hall–Kier alpha value is -1.23. The molecule has 0 amide bonds. The molecule has 0 spiro atoms. The van der Waals surface area contributed by atoms with Gasteiger partial charge in [-0.05, 0) is 32.4 Å². The van der Waals surface area contributed by atoms with Gasteiger partial charge in [-0.3, -0.25) is 9.69 Å². The van der Waals surface area contributed by atoms with Crippen molar-refractivity contribution in [1.29, 1.82) is 0 Å². The van der Waals surface area contributed by atoms with Crippen molar-refractivity contribution in [2.45, 2.75) is 71.4 Å². The van der Waals surface area contributed by atoms with Gasteiger partial charge in [-0.25, -0.2) is 9.67 Å². The van der Waals surface area contributed by atoms with E-state index in [1.807, 2.05) is 4.68 Å². The maximum atomic E-state index is 13.0. The van der Waals surface area contributed by atoms with E-state index in [1.165, 1.54) is 0 Å². The minimum Gasteiger partial charge on any atom is -0.297 e. The lowest BCUT2D eigenvalue weighted by Gasteiger charge is -2.39. The van der Waals surface area contributed by atoms with Gasteiger partial charge in [0.1, 0.15) is 12.2 Å². The molecular formula is C16H28N4O. The van der Waals surface area contributed by atoms with Gasteiger partial charge in [0, 0.05) is 6.54 Å². The Morgan fingerprint density at radius 3 is 2.52 bits per heavy atom. The van der Waals surface area contributed by atoms with Crippen LogP contribution in [0.25, 0.3) is 0 Å². The molecule has 0 atom stereocenters. The first kappa shape index (κ1) is 16.1. The summed E-state index contributed by atoms with van der Waals surface area (Å²) in [5, 5.41) is 4.23. The van der Waals surface area contributed by atoms with Crippen LogP contribution in [0.4, 0.5) is 0 Å². The lowest BCUT2D eigenvalue weighted by atomic mass is 9.87. The highest BCUT2D eigenvalue weighted by Gasteiger charge is 2.44. The van der Waals surface area contributed by atoms with Gasteiger partial charge in [-0.1, -0.05) is 33.6 Å². The molecule has 0 aliphatic heterocycles. The van der Waals surface area contributed by atoms with E-state index >= 15 is 0 Å². The number of hydrogen-bond donors (Lipinski definition) is 0. The predicted octanol–water partition coefficient (Wildman–Crippen LogP) is 2.45. The van der Waals surface area contributed by atoms with E-state index in [1.54, 1.807) is 6.33 Å². The highest BCUT2D eigenvalue weighted by Crippen LogP contribution is 2.36. The summed E-state index contributed by atoms with van der Waals surface area (Å²) in [6.45, 7) is 9.11. The van der Waals surface area contributed by atoms with E-state index in [9.17, 15) is 4.79 Å². The van der Waals surface area contributed by atoms with Crippen LogP contribution in [0, 0.1) is 0 Å². The molecule has 5 heteroatoms. The second-order valence-electron chi connectivity index (χ2n) is 5.91. The zero-order valence-electron chi connectivity index (χ0n) is 13.6. The van der Waals surface area contributed by atoms with Crippen LogP contribution in [0.15, 0.2) is 6.33 Å². The summed E-state index contributed by atoms with van der Waals surface area (Å²) in [5.41, 5.74) is -0.257. The van der Waals surface area contributed by atoms with E-state index < -0.39 is 0 Å². The summed E-state index contributed by atoms with van der Waals surface area (Å²) in [6, 6.07) is 0. The summed E-state index contributed by atoms with van der Waals surface area (Å²) < 4.78 is 1.88. The number of aromatic nitrogens is 3. The second kappa shape index (κ2) is 7.16. The molecule has 0 N–H and O–H groups in total. The third-order valence-corrected chi connectivity index (χ3v) is 4.77. The normalized spacial score (nSPS) is 17.5. The van der Waals surface area contributed by atoms with E-state index in [2.05, 4.69) is 35.8 Å². The fourth-order valence-electron chi connectivity index (χ4n) is 3.69. The van der Waals surface area contributed by atoms with Gasteiger partial charge in [0.15, 0.2) is 5.78 Å². The fraction of sp³-hybridized carbons (Fsp3) is 0.812. The summed E-state index contributed by atoms with van der Waals surface area (Å²) in [7, 11) is 0. The summed E-state index contributed by atoms with van der Waals surface area (Å²) in [6.07, 6.45) is 7.29. The zero-order valence-corrected chi connectivity index (χ0v) is 13.6. The Labute approximate surface area is 127 Å². The molecule has 1 fully saturated rings. The van der Waals surface area contributed by atoms with Crippen LogP contribution >= 0.6 is 0 Å². The van der Waals surface area contributed by atoms with E-state index in [0.29, 0.717) is 12.2 Å². The van der Waals surface area contributed by atoms with Gasteiger partial charge in [-0.15, -0.1) is 0 Å². The van der Waals surface area contributed by atoms with Crippen LogP contribution in [0.2, 0.25) is 0 Å². The SMILES string of the molecule is CCCn1ncnc1CC(=O)C1(N(CC)CC)CCCC1. The van der Waals surface area contributed by atoms with E-state index in [4.69, 9.17) is 0 Å². The largest absolute Gasteiger partial charge is 0.297 e. The Morgan fingerprint density at radius 1 is 1.29 bits per heavy atom. The maximum Gasteiger partial charge on any atom is 0.160 e. The molecule has 1 aromatic rings. The van der Waals surface area contributed by atoms with Crippen molar-refractivity contribution in [1.82, 2.24) is 19.7 Å². The first-order valence-corrected chi connectivity index (χ1v) is 8.33. The Balaban J connectivity index is 2.17. The van der Waals surface area contributed by atoms with Crippen LogP contribution in [0.5, 0.6) is 0 Å². The quantitative estimate of drug-likeness (QED) is 0.738. The molecule has 1 aromatic heterocycles. The molecule has 1 saturated carbocycles. The van der Waals surface area contributed by atoms with Crippen molar-refractivity contribution in [3.63, 3.8) is 0 Å². The Kier molecular flexibility index (Phi) is 5.51. The van der Waals surface area contributed by atoms with E-state index in [-0.39, 0.29) is 5.54 Å². The molecule has 1 heterocycles. The number of Topliss-reactive ketones (excluding diaryl/α,β-unsaturated/α-hetero) is 1. The molecule has 0 saturated heterocycles. The number of rotatable bonds is 8. The highest BCUT2D eigenvalue weighted by molar-refractivity contribution is 5.90. The number of hydrogen-bond acceptors (Lipinski definition) is 4. The van der Waals surface area contributed by atoms with Crippen molar-refractivity contribution in [3.05, 3.63) is 12.2 Å². The molecule has 0 aromatic carbocycles. The lowest BCUT2D eigenvalue weighted by Crippen LogP contribution is -2.53. The molecule has 118 valence electrons. The average Bonchev–Trinajstić information content (AvgIpc) is 3.12. The number of likely N-dealkylation sites (N-methyl/N-ethyl adjacent to an activating group) is 1. The van der Waals surface area contributed by atoms with Gasteiger partial charge in [0.2, 0.25) is 0 Å². The van der Waals surface area contributed by atoms with Gasteiger partial charge < -0.3 is 0 Å². The standard InChI is InChI=1S/C16H28N4O/c1-4-11-20-15(17-13-18-20)12-14(21)16(9-7-8-10-16)19(5-2)6-3/h13H,4-12H2,1-3H3. The van der Waals surface area contributed by atoms with Crippen molar-refractivity contribution in [3.8, 4) is 0 Å². The molecule has 1 aliphatic carbocycles. The molecular weight excluding hydrogens is 264 g/mol. The summed E-state index contributed by atoms with van der Waals surface area (Å²) in [5.74, 6) is 1.15. The predicted molar refractivity (Wildman–Crippen MR) is 83.1 cm³/mol. The third kappa shape index (κ3) is 3.18. The zero-order chi connectivity index (χ0) is 15.3. The van der Waals surface area contributed by atoms with Crippen LogP contribution in [0.1, 0.15) is 58.7 Å². The van der Waals surface area contributed by atoms with Crippen molar-refractivity contribution < 1.29 is 4.79 Å². The van der Waals surface area contributed by atoms with Gasteiger partial charge in [0.05, 0.1) is 12.0 Å². The number of aryl methyl sites for hydroxylation is 1. The number of carbonyl (C=O) groups excluding carboxylic acids is 1. The molecule has 0 bridgehead atoms. The minimum absolute atomic E-state index is 0.257. The molecule has 0 unspecified atom stereocenters. The van der Waals surface area contributed by atoms with Crippen LogP contribution in [-0.2, 0) is 17.8 Å². The summed E-state index contributed by atoms with van der Waals surface area (Å²) >= 11 is 0. The van der Waals surface area contributed by atoms with Gasteiger partial charge in [0.25, 0.3) is 0 Å². The highest BCUT2D eigenvalue weighted by atomic mass is 16.1. The first-order chi connectivity index (χ1) is 10.2. The van der Waals surface area contributed by atoms with Crippen molar-refractivity contribution >= 4 is 5.78 Å². The molecule has 21 heavy (non-hydrogen) atoms. The molecule has 2 rings (SSSR count). The average molecular weight is 292 g/mol. The van der Waals surface area contributed by atoms with E-state index in [0.717, 1.165) is 57.6 Å². The molecule has 0 radical (unpaired) electrons. The van der Waals surface area contributed by atoms with Crippen molar-refractivity contribution in [2.24, 2.45) is 0 Å². The number of ketones is 1. The maximum absolute atomic E-state index is 13.0. The first-order valence-electron chi connectivity index (χ1n) is 8.33.